The van der Waals surface area contributed by atoms with Gasteiger partial charge in [-0.25, -0.2) is 9.59 Å². The summed E-state index contributed by atoms with van der Waals surface area (Å²) in [5.74, 6) is -1.86. The Bertz CT molecular complexity index is 991. The van der Waals surface area contributed by atoms with Gasteiger partial charge in [-0.3, -0.25) is 19.8 Å². The van der Waals surface area contributed by atoms with Gasteiger partial charge in [0.25, 0.3) is 5.91 Å². The molecule has 9 nitrogen and oxygen atoms in total. The molecule has 0 unspecified atom stereocenters. The second-order valence-corrected chi connectivity index (χ2v) is 7.12. The number of carbonyl (C=O) groups is 4. The number of nitrogens with zero attached hydrogens (tertiary/aromatic N) is 1. The number of hydrogen-bond donors (Lipinski definition) is 1. The van der Waals surface area contributed by atoms with E-state index in [4.69, 9.17) is 14.2 Å². The summed E-state index contributed by atoms with van der Waals surface area (Å²) in [5.41, 5.74) is -0.797. The lowest BCUT2D eigenvalue weighted by molar-refractivity contribution is -0.156. The molecular formula is C23H24N2O7. The molecule has 0 saturated carbocycles. The largest absolute Gasteiger partial charge is 0.497 e. The first-order valence-electron chi connectivity index (χ1n) is 10.0. The van der Waals surface area contributed by atoms with Crippen molar-refractivity contribution >= 4 is 23.9 Å². The van der Waals surface area contributed by atoms with Crippen molar-refractivity contribution in [3.05, 3.63) is 65.7 Å². The van der Waals surface area contributed by atoms with Gasteiger partial charge in [0.15, 0.2) is 0 Å². The minimum Gasteiger partial charge on any atom is -0.497 e. The van der Waals surface area contributed by atoms with Crippen LogP contribution in [0.25, 0.3) is 0 Å². The van der Waals surface area contributed by atoms with Gasteiger partial charge in [-0.2, -0.15) is 0 Å². The molecule has 1 aliphatic heterocycles. The highest BCUT2D eigenvalue weighted by atomic mass is 16.6. The molecule has 0 aliphatic carbocycles. The smallest absolute Gasteiger partial charge is 0.408 e. The molecule has 0 spiro atoms. The first-order valence-corrected chi connectivity index (χ1v) is 10.0. The fraction of sp³-hybridized carbons (Fsp3) is 0.304. The van der Waals surface area contributed by atoms with Gasteiger partial charge in [-0.05, 0) is 30.2 Å². The first-order chi connectivity index (χ1) is 15.4. The van der Waals surface area contributed by atoms with Crippen LogP contribution >= 0.6 is 0 Å². The van der Waals surface area contributed by atoms with Crippen molar-refractivity contribution in [2.45, 2.75) is 32.0 Å². The fourth-order valence-corrected chi connectivity index (χ4v) is 3.31. The third-order valence-corrected chi connectivity index (χ3v) is 4.98. The molecule has 0 bridgehead atoms. The van der Waals surface area contributed by atoms with Gasteiger partial charge in [0.05, 0.1) is 26.7 Å². The minimum atomic E-state index is -2.17. The molecule has 0 radical (unpaired) electrons. The first kappa shape index (κ1) is 22.8. The van der Waals surface area contributed by atoms with E-state index >= 15 is 0 Å². The molecule has 3 rings (SSSR count). The second kappa shape index (κ2) is 9.95. The summed E-state index contributed by atoms with van der Waals surface area (Å²) in [4.78, 5) is 51.9. The molecule has 1 aliphatic rings. The van der Waals surface area contributed by atoms with Crippen molar-refractivity contribution in [1.82, 2.24) is 10.2 Å². The van der Waals surface area contributed by atoms with Crippen molar-refractivity contribution in [3.63, 3.8) is 0 Å². The van der Waals surface area contributed by atoms with Crippen LogP contribution in [-0.2, 0) is 37.0 Å². The van der Waals surface area contributed by atoms with E-state index in [0.717, 1.165) is 10.5 Å². The van der Waals surface area contributed by atoms with Crippen LogP contribution in [0.5, 0.6) is 5.75 Å². The number of ether oxygens (including phenoxy) is 3. The predicted molar refractivity (Wildman–Crippen MR) is 112 cm³/mol. The summed E-state index contributed by atoms with van der Waals surface area (Å²) in [6.45, 7) is 1.41. The average Bonchev–Trinajstić information content (AvgIpc) is 3.04. The molecule has 32 heavy (non-hydrogen) atoms. The summed E-state index contributed by atoms with van der Waals surface area (Å²) < 4.78 is 15.3. The summed E-state index contributed by atoms with van der Waals surface area (Å²) in [5, 5.41) is 2.29. The summed E-state index contributed by atoms with van der Waals surface area (Å²) in [6, 6.07) is 15.7. The van der Waals surface area contributed by atoms with Crippen LogP contribution in [0.4, 0.5) is 4.79 Å². The van der Waals surface area contributed by atoms with Crippen LogP contribution < -0.4 is 10.1 Å². The lowest BCUT2D eigenvalue weighted by Gasteiger charge is -2.25. The molecule has 1 fully saturated rings. The predicted octanol–water partition coefficient (Wildman–Crippen LogP) is 2.18. The number of carbonyl (C=O) groups excluding carboxylic acids is 4. The Hall–Kier alpha value is -3.88. The fourth-order valence-electron chi connectivity index (χ4n) is 3.31. The van der Waals surface area contributed by atoms with E-state index in [9.17, 15) is 19.2 Å². The van der Waals surface area contributed by atoms with Gasteiger partial charge >= 0.3 is 12.1 Å². The zero-order chi connectivity index (χ0) is 23.1. The van der Waals surface area contributed by atoms with E-state index < -0.39 is 35.8 Å². The number of benzene rings is 2. The quantitative estimate of drug-likeness (QED) is 0.380. The minimum absolute atomic E-state index is 0.0265. The maximum atomic E-state index is 13.2. The molecule has 9 heteroatoms. The highest BCUT2D eigenvalue weighted by molar-refractivity contribution is 6.21. The van der Waals surface area contributed by atoms with E-state index in [2.05, 4.69) is 5.32 Å². The third-order valence-electron chi connectivity index (χ3n) is 4.98. The monoisotopic (exact) mass is 440 g/mol. The Labute approximate surface area is 185 Å². The Kier molecular flexibility index (Phi) is 7.09. The Balaban J connectivity index is 1.77. The zero-order valence-corrected chi connectivity index (χ0v) is 17.8. The van der Waals surface area contributed by atoms with Crippen LogP contribution in [0.15, 0.2) is 54.6 Å². The van der Waals surface area contributed by atoms with E-state index in [-0.39, 0.29) is 19.8 Å². The van der Waals surface area contributed by atoms with Gasteiger partial charge in [0.1, 0.15) is 12.4 Å². The Morgan fingerprint density at radius 1 is 1.00 bits per heavy atom. The highest BCUT2D eigenvalue weighted by Crippen LogP contribution is 2.28. The number of methoxy groups -OCH3 is 1. The lowest BCUT2D eigenvalue weighted by atomic mass is 9.98. The Morgan fingerprint density at radius 3 is 2.31 bits per heavy atom. The van der Waals surface area contributed by atoms with Crippen LogP contribution in [0.3, 0.4) is 0 Å². The van der Waals surface area contributed by atoms with Crippen LogP contribution in [0, 0.1) is 0 Å². The normalized spacial score (nSPS) is 17.8. The molecule has 1 saturated heterocycles. The number of nitrogens with one attached hydrogen (secondary N) is 1. The van der Waals surface area contributed by atoms with Crippen molar-refractivity contribution in [3.8, 4) is 5.75 Å². The van der Waals surface area contributed by atoms with E-state index in [1.165, 1.54) is 7.11 Å². The number of imide groups is 1. The van der Waals surface area contributed by atoms with Crippen molar-refractivity contribution in [2.24, 2.45) is 0 Å². The molecule has 1 heterocycles. The number of amides is 3. The second-order valence-electron chi connectivity index (χ2n) is 7.12. The van der Waals surface area contributed by atoms with Crippen LogP contribution in [0.1, 0.15) is 24.5 Å². The highest BCUT2D eigenvalue weighted by Gasteiger charge is 2.59. The molecule has 2 aromatic rings. The van der Waals surface area contributed by atoms with Crippen molar-refractivity contribution in [2.75, 3.05) is 13.7 Å². The van der Waals surface area contributed by atoms with Crippen LogP contribution in [-0.4, -0.2) is 48.0 Å². The maximum Gasteiger partial charge on any atom is 0.408 e. The van der Waals surface area contributed by atoms with E-state index in [0.29, 0.717) is 11.3 Å². The SMILES string of the molecule is CCOC(=O)[C@@]1(NC(=O)OCc2ccccc2)CC(=O)N(Cc2ccc(OC)cc2)C1=O. The summed E-state index contributed by atoms with van der Waals surface area (Å²) >= 11 is 0. The number of rotatable bonds is 8. The topological polar surface area (TPSA) is 111 Å². The van der Waals surface area contributed by atoms with E-state index in [1.807, 2.05) is 6.07 Å². The van der Waals surface area contributed by atoms with Gasteiger partial charge < -0.3 is 14.2 Å². The molecule has 1 N–H and O–H groups in total. The lowest BCUT2D eigenvalue weighted by Crippen LogP contribution is -2.60. The summed E-state index contributed by atoms with van der Waals surface area (Å²) in [7, 11) is 1.53. The average molecular weight is 440 g/mol. The Morgan fingerprint density at radius 2 is 1.69 bits per heavy atom. The summed E-state index contributed by atoms with van der Waals surface area (Å²) in [6.07, 6.45) is -1.56. The van der Waals surface area contributed by atoms with Crippen molar-refractivity contribution < 1.29 is 33.4 Å². The maximum absolute atomic E-state index is 13.2. The van der Waals surface area contributed by atoms with Gasteiger partial charge in [-0.1, -0.05) is 42.5 Å². The zero-order valence-electron chi connectivity index (χ0n) is 17.8. The van der Waals surface area contributed by atoms with Crippen LogP contribution in [0.2, 0.25) is 0 Å². The molecule has 2 aromatic carbocycles. The molecular weight excluding hydrogens is 416 g/mol. The number of esters is 1. The molecule has 1 atom stereocenters. The molecule has 3 amide bonds. The third kappa shape index (κ3) is 4.88. The van der Waals surface area contributed by atoms with Crippen molar-refractivity contribution in [1.29, 1.82) is 0 Å². The van der Waals surface area contributed by atoms with Gasteiger partial charge in [-0.15, -0.1) is 0 Å². The van der Waals surface area contributed by atoms with E-state index in [1.54, 1.807) is 55.5 Å². The molecule has 168 valence electrons. The number of likely N-dealkylation sites (tertiary alicyclic amines) is 1. The standard InChI is InChI=1S/C23H24N2O7/c1-3-31-21(28)23(24-22(29)32-15-17-7-5-4-6-8-17)13-19(26)25(20(23)27)14-16-9-11-18(30-2)12-10-16/h4-12H,3,13-15H2,1-2H3,(H,24,29)/t23-/m1/s1. The molecule has 0 aromatic heterocycles. The van der Waals surface area contributed by atoms with Gasteiger partial charge in [0, 0.05) is 0 Å². The number of alkyl carbamates (subject to hydrolysis) is 1. The van der Waals surface area contributed by atoms with Gasteiger partial charge in [0.2, 0.25) is 11.4 Å². The number of hydrogen-bond acceptors (Lipinski definition) is 7.